The van der Waals surface area contributed by atoms with Crippen molar-refractivity contribution in [3.8, 4) is 0 Å². The van der Waals surface area contributed by atoms with Gasteiger partial charge in [-0.3, -0.25) is 10.7 Å². The van der Waals surface area contributed by atoms with Crippen LogP contribution in [0.15, 0.2) is 23.2 Å². The fourth-order valence-corrected chi connectivity index (χ4v) is 2.94. The average Bonchev–Trinajstić information content (AvgIpc) is 2.37. The third-order valence-electron chi connectivity index (χ3n) is 2.55. The number of nitrogens with one attached hydrogen (secondary N) is 1. The van der Waals surface area contributed by atoms with Gasteiger partial charge in [0.15, 0.2) is 0 Å². The predicted octanol–water partition coefficient (Wildman–Crippen LogP) is 2.53. The van der Waals surface area contributed by atoms with Gasteiger partial charge >= 0.3 is 0 Å². The van der Waals surface area contributed by atoms with Crippen molar-refractivity contribution in [2.45, 2.75) is 0 Å². The summed E-state index contributed by atoms with van der Waals surface area (Å²) in [5.41, 5.74) is 3.64. The first kappa shape index (κ1) is 12.5. The summed E-state index contributed by atoms with van der Waals surface area (Å²) < 4.78 is 0. The molecule has 0 atom stereocenters. The fourth-order valence-electron chi connectivity index (χ4n) is 1.74. The molecule has 1 aliphatic rings. The Morgan fingerprint density at radius 1 is 1.41 bits per heavy atom. The maximum atomic E-state index is 8.41. The van der Waals surface area contributed by atoms with Crippen LogP contribution in [0.3, 0.4) is 0 Å². The van der Waals surface area contributed by atoms with E-state index in [9.17, 15) is 0 Å². The number of hydrogen-bond donors (Lipinski definition) is 2. The van der Waals surface area contributed by atoms with Crippen LogP contribution in [0.5, 0.6) is 0 Å². The summed E-state index contributed by atoms with van der Waals surface area (Å²) in [4.78, 5) is 6.27. The highest BCUT2D eigenvalue weighted by Crippen LogP contribution is 2.31. The number of thioether (sulfide) groups is 1. The minimum atomic E-state index is 0.699. The van der Waals surface area contributed by atoms with Crippen LogP contribution in [-0.2, 0) is 0 Å². The summed E-state index contributed by atoms with van der Waals surface area (Å²) in [6.45, 7) is 2.07. The standard InChI is InChI=1S/C11H14ClN3OS/c12-10-7-9(13-8-14-16)1-2-11(10)15-3-5-17-6-4-15/h1-2,7-8,16H,3-6H2,(H,13,14). The highest BCUT2D eigenvalue weighted by Gasteiger charge is 2.13. The maximum Gasteiger partial charge on any atom is 0.113 e. The third-order valence-corrected chi connectivity index (χ3v) is 3.80. The zero-order chi connectivity index (χ0) is 12.1. The number of benzene rings is 1. The zero-order valence-corrected chi connectivity index (χ0v) is 10.8. The number of aliphatic imine (C=N–C) groups is 1. The van der Waals surface area contributed by atoms with Gasteiger partial charge in [0.2, 0.25) is 0 Å². The molecular weight excluding hydrogens is 258 g/mol. The highest BCUT2D eigenvalue weighted by molar-refractivity contribution is 7.99. The second-order valence-corrected chi connectivity index (χ2v) is 5.25. The molecule has 0 saturated carbocycles. The largest absolute Gasteiger partial charge is 0.369 e. The molecule has 1 saturated heterocycles. The summed E-state index contributed by atoms with van der Waals surface area (Å²) >= 11 is 8.21. The van der Waals surface area contributed by atoms with Gasteiger partial charge in [-0.1, -0.05) is 11.6 Å². The summed E-state index contributed by atoms with van der Waals surface area (Å²) in [6.07, 6.45) is 1.21. The van der Waals surface area contributed by atoms with Crippen molar-refractivity contribution in [1.29, 1.82) is 0 Å². The second-order valence-electron chi connectivity index (χ2n) is 3.62. The molecule has 0 aliphatic carbocycles. The molecule has 1 aromatic carbocycles. The minimum Gasteiger partial charge on any atom is -0.369 e. The van der Waals surface area contributed by atoms with Crippen molar-refractivity contribution in [3.05, 3.63) is 23.2 Å². The number of halogens is 1. The van der Waals surface area contributed by atoms with Gasteiger partial charge in [0.25, 0.3) is 0 Å². The Hall–Kier alpha value is -0.910. The van der Waals surface area contributed by atoms with Gasteiger partial charge in [0.1, 0.15) is 6.34 Å². The summed E-state index contributed by atoms with van der Waals surface area (Å²) in [5.74, 6) is 2.29. The van der Waals surface area contributed by atoms with E-state index in [0.29, 0.717) is 10.7 Å². The van der Waals surface area contributed by atoms with Crippen LogP contribution in [0.1, 0.15) is 0 Å². The number of hydroxylamine groups is 1. The number of anilines is 1. The Morgan fingerprint density at radius 3 is 2.82 bits per heavy atom. The number of rotatable bonds is 3. The molecule has 0 bridgehead atoms. The molecule has 1 fully saturated rings. The maximum absolute atomic E-state index is 8.41. The predicted molar refractivity (Wildman–Crippen MR) is 74.1 cm³/mol. The Bertz CT molecular complexity index is 408. The van der Waals surface area contributed by atoms with E-state index in [-0.39, 0.29) is 0 Å². The molecule has 0 spiro atoms. The average molecular weight is 272 g/mol. The molecule has 4 nitrogen and oxygen atoms in total. The van der Waals surface area contributed by atoms with Gasteiger partial charge in [0, 0.05) is 24.6 Å². The van der Waals surface area contributed by atoms with Crippen molar-refractivity contribution in [2.24, 2.45) is 4.99 Å². The molecule has 0 unspecified atom stereocenters. The first-order valence-electron chi connectivity index (χ1n) is 5.35. The molecule has 92 valence electrons. The lowest BCUT2D eigenvalue weighted by Gasteiger charge is -2.29. The number of hydrogen-bond acceptors (Lipinski definition) is 4. The van der Waals surface area contributed by atoms with Crippen molar-refractivity contribution in [1.82, 2.24) is 5.48 Å². The molecule has 2 rings (SSSR count). The van der Waals surface area contributed by atoms with E-state index in [1.54, 1.807) is 6.07 Å². The van der Waals surface area contributed by atoms with E-state index in [1.165, 1.54) is 6.34 Å². The van der Waals surface area contributed by atoms with E-state index in [4.69, 9.17) is 16.8 Å². The van der Waals surface area contributed by atoms with Crippen LogP contribution in [0.4, 0.5) is 11.4 Å². The summed E-state index contributed by atoms with van der Waals surface area (Å²) in [6, 6.07) is 5.66. The third kappa shape index (κ3) is 3.28. The van der Waals surface area contributed by atoms with Crippen LogP contribution >= 0.6 is 23.4 Å². The summed E-state index contributed by atoms with van der Waals surface area (Å²) in [5, 5.41) is 9.11. The Kier molecular flexibility index (Phi) is 4.53. The van der Waals surface area contributed by atoms with Crippen LogP contribution in [0, 0.1) is 0 Å². The van der Waals surface area contributed by atoms with Crippen LogP contribution < -0.4 is 10.4 Å². The quantitative estimate of drug-likeness (QED) is 0.504. The Labute approximate surface area is 110 Å². The fraction of sp³-hybridized carbons (Fsp3) is 0.364. The Balaban J connectivity index is 2.15. The van der Waals surface area contributed by atoms with E-state index in [2.05, 4.69) is 9.89 Å². The van der Waals surface area contributed by atoms with Crippen molar-refractivity contribution in [2.75, 3.05) is 29.5 Å². The van der Waals surface area contributed by atoms with Gasteiger partial charge in [-0.05, 0) is 18.2 Å². The lowest BCUT2D eigenvalue weighted by Crippen LogP contribution is -2.32. The van der Waals surface area contributed by atoms with Crippen LogP contribution in [0.25, 0.3) is 0 Å². The molecule has 0 aromatic heterocycles. The van der Waals surface area contributed by atoms with E-state index in [0.717, 1.165) is 30.3 Å². The smallest absolute Gasteiger partial charge is 0.113 e. The number of nitrogens with zero attached hydrogens (tertiary/aromatic N) is 2. The topological polar surface area (TPSA) is 47.9 Å². The monoisotopic (exact) mass is 271 g/mol. The zero-order valence-electron chi connectivity index (χ0n) is 9.27. The molecule has 0 radical (unpaired) electrons. The normalized spacial score (nSPS) is 16.5. The molecule has 0 amide bonds. The molecule has 17 heavy (non-hydrogen) atoms. The van der Waals surface area contributed by atoms with Gasteiger partial charge < -0.3 is 4.90 Å². The van der Waals surface area contributed by atoms with Gasteiger partial charge in [-0.2, -0.15) is 11.8 Å². The van der Waals surface area contributed by atoms with Crippen molar-refractivity contribution < 1.29 is 5.21 Å². The second kappa shape index (κ2) is 6.14. The first-order valence-corrected chi connectivity index (χ1v) is 6.89. The van der Waals surface area contributed by atoms with E-state index < -0.39 is 0 Å². The van der Waals surface area contributed by atoms with Crippen LogP contribution in [0.2, 0.25) is 5.02 Å². The van der Waals surface area contributed by atoms with Gasteiger partial charge in [-0.15, -0.1) is 0 Å². The van der Waals surface area contributed by atoms with Crippen molar-refractivity contribution in [3.63, 3.8) is 0 Å². The summed E-state index contributed by atoms with van der Waals surface area (Å²) in [7, 11) is 0. The van der Waals surface area contributed by atoms with Crippen molar-refractivity contribution >= 4 is 41.1 Å². The Morgan fingerprint density at radius 2 is 2.18 bits per heavy atom. The highest BCUT2D eigenvalue weighted by atomic mass is 35.5. The first-order chi connectivity index (χ1) is 8.31. The molecule has 1 aliphatic heterocycles. The minimum absolute atomic E-state index is 0.699. The SMILES string of the molecule is ONC=Nc1ccc(N2CCSCC2)c(Cl)c1. The van der Waals surface area contributed by atoms with Crippen LogP contribution in [-0.4, -0.2) is 36.1 Å². The molecular formula is C11H14ClN3OS. The van der Waals surface area contributed by atoms with Gasteiger partial charge in [-0.25, -0.2) is 4.99 Å². The lowest BCUT2D eigenvalue weighted by molar-refractivity contribution is 0.240. The lowest BCUT2D eigenvalue weighted by atomic mass is 10.2. The molecule has 1 aromatic rings. The molecule has 2 N–H and O–H groups in total. The molecule has 6 heteroatoms. The molecule has 1 heterocycles. The van der Waals surface area contributed by atoms with E-state index >= 15 is 0 Å². The van der Waals surface area contributed by atoms with E-state index in [1.807, 2.05) is 29.4 Å². The van der Waals surface area contributed by atoms with Gasteiger partial charge in [0.05, 0.1) is 16.4 Å².